The second-order valence-electron chi connectivity index (χ2n) is 6.34. The van der Waals surface area contributed by atoms with Gasteiger partial charge in [-0.3, -0.25) is 4.79 Å². The Balaban J connectivity index is 1.91. The van der Waals surface area contributed by atoms with Gasteiger partial charge in [-0.15, -0.1) is 0 Å². The smallest absolute Gasteiger partial charge is 0.204 e. The fourth-order valence-corrected chi connectivity index (χ4v) is 4.81. The Morgan fingerprint density at radius 3 is 2.52 bits per heavy atom. The zero-order valence-corrected chi connectivity index (χ0v) is 16.5. The van der Waals surface area contributed by atoms with Gasteiger partial charge < -0.3 is 14.2 Å². The summed E-state index contributed by atoms with van der Waals surface area (Å²) in [5.74, 6) is -2.02. The molecule has 1 spiro atoms. The van der Waals surface area contributed by atoms with Crippen LogP contribution in [-0.4, -0.2) is 33.7 Å². The van der Waals surface area contributed by atoms with Gasteiger partial charge in [-0.25, -0.2) is 12.8 Å². The molecular formula is C18H14BrFO6S. The highest BCUT2D eigenvalue weighted by Gasteiger charge is 2.52. The van der Waals surface area contributed by atoms with Gasteiger partial charge in [0.2, 0.25) is 5.79 Å². The minimum absolute atomic E-state index is 0.0435. The second kappa shape index (κ2) is 6.37. The maximum Gasteiger partial charge on any atom is 0.204 e. The number of fused-ring (bicyclic) bond motifs is 2. The van der Waals surface area contributed by atoms with Crippen LogP contribution in [0.3, 0.4) is 0 Å². The number of sulfone groups is 1. The van der Waals surface area contributed by atoms with Crippen molar-refractivity contribution in [2.24, 2.45) is 0 Å². The predicted octanol–water partition coefficient (Wildman–Crippen LogP) is 3.57. The quantitative estimate of drug-likeness (QED) is 0.702. The lowest BCUT2D eigenvalue weighted by molar-refractivity contribution is -0.159. The van der Waals surface area contributed by atoms with Crippen molar-refractivity contribution < 1.29 is 31.8 Å². The third-order valence-electron chi connectivity index (χ3n) is 4.40. The summed E-state index contributed by atoms with van der Waals surface area (Å²) in [7, 11) is -3.65. The minimum Gasteiger partial charge on any atom is -0.456 e. The molecule has 0 amide bonds. The molecule has 1 aliphatic heterocycles. The number of ether oxygens (including phenoxy) is 3. The summed E-state index contributed by atoms with van der Waals surface area (Å²) in [5.41, 5.74) is 0.237. The summed E-state index contributed by atoms with van der Waals surface area (Å²) in [6.45, 7) is 0.496. The van der Waals surface area contributed by atoms with Crippen molar-refractivity contribution in [1.29, 1.82) is 0 Å². The van der Waals surface area contributed by atoms with Crippen LogP contribution in [0.25, 0.3) is 0 Å². The summed E-state index contributed by atoms with van der Waals surface area (Å²) < 4.78 is 55.7. The highest BCUT2D eigenvalue weighted by Crippen LogP contribution is 2.50. The molecule has 0 radical (unpaired) electrons. The lowest BCUT2D eigenvalue weighted by atomic mass is 10.1. The first kappa shape index (κ1) is 18.5. The van der Waals surface area contributed by atoms with Crippen LogP contribution in [0.5, 0.6) is 11.5 Å². The number of rotatable bonds is 3. The molecule has 4 rings (SSSR count). The highest BCUT2D eigenvalue weighted by molar-refractivity contribution is 9.10. The largest absolute Gasteiger partial charge is 0.456 e. The van der Waals surface area contributed by atoms with Crippen molar-refractivity contribution in [3.8, 4) is 11.5 Å². The third-order valence-corrected chi connectivity index (χ3v) is 6.00. The van der Waals surface area contributed by atoms with E-state index in [1.807, 2.05) is 0 Å². The number of ketones is 1. The Hall–Kier alpha value is -1.81. The van der Waals surface area contributed by atoms with Gasteiger partial charge in [-0.2, -0.15) is 0 Å². The monoisotopic (exact) mass is 456 g/mol. The van der Waals surface area contributed by atoms with E-state index in [1.165, 1.54) is 30.3 Å². The maximum absolute atomic E-state index is 13.6. The third kappa shape index (κ3) is 3.18. The standard InChI is InChI=1S/C18H14BrFO6S/c1-27(22,23)15-3-2-14(26-12-7-10(19)6-11(20)8-12)16-13(21)9-18(17(15)16)24-4-5-25-18/h2-3,6-8H,4-5,9H2,1H3. The van der Waals surface area contributed by atoms with Gasteiger partial charge in [0.1, 0.15) is 17.3 Å². The van der Waals surface area contributed by atoms with E-state index in [4.69, 9.17) is 14.2 Å². The Kier molecular flexibility index (Phi) is 4.38. The summed E-state index contributed by atoms with van der Waals surface area (Å²) in [6, 6.07) is 6.71. The van der Waals surface area contributed by atoms with Crippen LogP contribution in [-0.2, 0) is 25.1 Å². The number of carbonyl (C=O) groups excluding carboxylic acids is 1. The Labute approximate surface area is 163 Å². The fraction of sp³-hybridized carbons (Fsp3) is 0.278. The molecule has 0 unspecified atom stereocenters. The van der Waals surface area contributed by atoms with E-state index in [1.54, 1.807) is 0 Å². The zero-order valence-electron chi connectivity index (χ0n) is 14.1. The van der Waals surface area contributed by atoms with Crippen LogP contribution in [0.15, 0.2) is 39.7 Å². The van der Waals surface area contributed by atoms with Gasteiger partial charge in [0.15, 0.2) is 15.6 Å². The molecule has 0 atom stereocenters. The molecule has 142 valence electrons. The van der Waals surface area contributed by atoms with Crippen LogP contribution >= 0.6 is 15.9 Å². The Morgan fingerprint density at radius 2 is 1.89 bits per heavy atom. The molecule has 2 aromatic carbocycles. The summed E-state index contributed by atoms with van der Waals surface area (Å²) in [6.07, 6.45) is 0.913. The first-order valence-electron chi connectivity index (χ1n) is 8.02. The lowest BCUT2D eigenvalue weighted by Gasteiger charge is -2.24. The van der Waals surface area contributed by atoms with Crippen LogP contribution in [0, 0.1) is 5.82 Å². The molecule has 0 saturated carbocycles. The molecule has 2 aromatic rings. The van der Waals surface area contributed by atoms with Gasteiger partial charge in [0.25, 0.3) is 0 Å². The molecule has 2 aliphatic rings. The van der Waals surface area contributed by atoms with Crippen molar-refractivity contribution in [2.45, 2.75) is 17.1 Å². The number of hydrogen-bond acceptors (Lipinski definition) is 6. The van der Waals surface area contributed by atoms with Gasteiger partial charge >= 0.3 is 0 Å². The molecule has 27 heavy (non-hydrogen) atoms. The number of halogens is 2. The summed E-state index contributed by atoms with van der Waals surface area (Å²) in [4.78, 5) is 12.7. The van der Waals surface area contributed by atoms with E-state index in [2.05, 4.69) is 15.9 Å². The van der Waals surface area contributed by atoms with Gasteiger partial charge in [0.05, 0.1) is 30.1 Å². The predicted molar refractivity (Wildman–Crippen MR) is 96.3 cm³/mol. The van der Waals surface area contributed by atoms with Gasteiger partial charge in [0, 0.05) is 22.4 Å². The summed E-state index contributed by atoms with van der Waals surface area (Å²) >= 11 is 3.18. The van der Waals surface area contributed by atoms with Crippen molar-refractivity contribution in [2.75, 3.05) is 19.5 Å². The van der Waals surface area contributed by atoms with Crippen molar-refractivity contribution >= 4 is 31.6 Å². The molecule has 1 heterocycles. The zero-order chi connectivity index (χ0) is 19.4. The van der Waals surface area contributed by atoms with Crippen molar-refractivity contribution in [1.82, 2.24) is 0 Å². The van der Waals surface area contributed by atoms with Crippen LogP contribution in [0.4, 0.5) is 4.39 Å². The van der Waals surface area contributed by atoms with E-state index in [0.717, 1.165) is 6.26 Å². The lowest BCUT2D eigenvalue weighted by Crippen LogP contribution is -2.26. The van der Waals surface area contributed by atoms with E-state index >= 15 is 0 Å². The second-order valence-corrected chi connectivity index (χ2v) is 9.24. The van der Waals surface area contributed by atoms with Crippen molar-refractivity contribution in [3.05, 3.63) is 51.7 Å². The van der Waals surface area contributed by atoms with Crippen LogP contribution in [0.2, 0.25) is 0 Å². The van der Waals surface area contributed by atoms with Crippen LogP contribution < -0.4 is 4.74 Å². The Bertz CT molecular complexity index is 1040. The number of benzene rings is 2. The maximum atomic E-state index is 13.6. The first-order valence-corrected chi connectivity index (χ1v) is 10.7. The normalized spacial score (nSPS) is 18.1. The molecule has 0 bridgehead atoms. The fourth-order valence-electron chi connectivity index (χ4n) is 3.42. The Morgan fingerprint density at radius 1 is 1.19 bits per heavy atom. The number of Topliss-reactive ketones (excluding diaryl/α,β-unsaturated/α-hetero) is 1. The van der Waals surface area contributed by atoms with Gasteiger partial charge in [-0.1, -0.05) is 15.9 Å². The molecule has 0 N–H and O–H groups in total. The number of hydrogen-bond donors (Lipinski definition) is 0. The van der Waals surface area contributed by atoms with Gasteiger partial charge in [-0.05, 0) is 24.3 Å². The number of carbonyl (C=O) groups is 1. The molecule has 6 nitrogen and oxygen atoms in total. The molecule has 1 saturated heterocycles. The minimum atomic E-state index is -3.65. The van der Waals surface area contributed by atoms with E-state index < -0.39 is 21.4 Å². The van der Waals surface area contributed by atoms with E-state index in [0.29, 0.717) is 4.47 Å². The van der Waals surface area contributed by atoms with E-state index in [9.17, 15) is 17.6 Å². The molecule has 9 heteroatoms. The summed E-state index contributed by atoms with van der Waals surface area (Å²) in [5, 5.41) is 0. The highest BCUT2D eigenvalue weighted by atomic mass is 79.9. The molecule has 1 aliphatic carbocycles. The van der Waals surface area contributed by atoms with Crippen LogP contribution in [0.1, 0.15) is 22.3 Å². The first-order chi connectivity index (χ1) is 12.7. The average Bonchev–Trinajstić information content (AvgIpc) is 3.12. The van der Waals surface area contributed by atoms with E-state index in [-0.39, 0.29) is 52.9 Å². The topological polar surface area (TPSA) is 78.9 Å². The SMILES string of the molecule is CS(=O)(=O)c1ccc(Oc2cc(F)cc(Br)c2)c2c1C1(CC2=O)OCCO1. The average molecular weight is 457 g/mol. The molecule has 0 aromatic heterocycles. The molecular weight excluding hydrogens is 443 g/mol. The molecule has 1 fully saturated rings. The van der Waals surface area contributed by atoms with Crippen molar-refractivity contribution in [3.63, 3.8) is 0 Å².